The zero-order valence-electron chi connectivity index (χ0n) is 16.3. The fourth-order valence-electron chi connectivity index (χ4n) is 2.43. The zero-order chi connectivity index (χ0) is 22.5. The number of anilines is 1. The number of aromatic nitrogens is 2. The van der Waals surface area contributed by atoms with Crippen LogP contribution in [0.15, 0.2) is 46.0 Å². The number of benzene rings is 2. The van der Waals surface area contributed by atoms with Crippen molar-refractivity contribution in [3.63, 3.8) is 0 Å². The topological polar surface area (TPSA) is 120 Å². The van der Waals surface area contributed by atoms with Crippen LogP contribution in [0.3, 0.4) is 0 Å². The lowest BCUT2D eigenvalue weighted by Gasteiger charge is -2.12. The van der Waals surface area contributed by atoms with Gasteiger partial charge in [0.25, 0.3) is 16.8 Å². The van der Waals surface area contributed by atoms with Crippen LogP contribution in [0.4, 0.5) is 11.4 Å². The number of hydrogen-bond acceptors (Lipinski definition) is 8. The molecule has 0 fully saturated rings. The van der Waals surface area contributed by atoms with E-state index < -0.39 is 11.0 Å². The van der Waals surface area contributed by atoms with Gasteiger partial charge in [0.2, 0.25) is 5.91 Å². The predicted octanol–water partition coefficient (Wildman–Crippen LogP) is 5.46. The second-order valence-corrected chi connectivity index (χ2v) is 8.10. The number of nitrogens with one attached hydrogen (secondary N) is 1. The highest BCUT2D eigenvalue weighted by atomic mass is 35.5. The number of rotatable bonds is 8. The summed E-state index contributed by atoms with van der Waals surface area (Å²) in [5.41, 5.74) is 0.966. The summed E-state index contributed by atoms with van der Waals surface area (Å²) in [6.07, 6.45) is -0.582. The summed E-state index contributed by atoms with van der Waals surface area (Å²) in [5, 5.41) is 22.4. The van der Waals surface area contributed by atoms with E-state index in [-0.39, 0.29) is 28.5 Å². The molecular weight excluding hydrogens is 467 g/mol. The lowest BCUT2D eigenvalue weighted by molar-refractivity contribution is -0.384. The molecule has 0 aliphatic heterocycles. The molecule has 3 aromatic rings. The zero-order valence-corrected chi connectivity index (χ0v) is 18.6. The van der Waals surface area contributed by atoms with Gasteiger partial charge in [-0.3, -0.25) is 14.9 Å². The molecule has 0 aliphatic carbocycles. The van der Waals surface area contributed by atoms with E-state index in [0.717, 1.165) is 11.8 Å². The first-order valence-electron chi connectivity index (χ1n) is 8.85. The quantitative estimate of drug-likeness (QED) is 0.255. The van der Waals surface area contributed by atoms with Crippen molar-refractivity contribution < 1.29 is 18.9 Å². The van der Waals surface area contributed by atoms with Crippen molar-refractivity contribution in [3.8, 4) is 5.75 Å². The molecule has 0 spiro atoms. The second-order valence-electron chi connectivity index (χ2n) is 6.33. The Hall–Kier alpha value is -2.82. The normalized spacial score (nSPS) is 11.7. The lowest BCUT2D eigenvalue weighted by Crippen LogP contribution is -2.15. The van der Waals surface area contributed by atoms with Crippen molar-refractivity contribution in [2.24, 2.45) is 0 Å². The van der Waals surface area contributed by atoms with E-state index in [2.05, 4.69) is 15.5 Å². The minimum absolute atomic E-state index is 0.0258. The Kier molecular flexibility index (Phi) is 7.37. The number of amides is 1. The van der Waals surface area contributed by atoms with Gasteiger partial charge in [-0.15, -0.1) is 10.2 Å². The number of halogens is 2. The molecule has 1 heterocycles. The molecular formula is C19H16Cl2N4O5S. The third-order valence-corrected chi connectivity index (χ3v) is 5.35. The number of hydrogen-bond donors (Lipinski definition) is 1. The minimum Gasteiger partial charge on any atom is -0.479 e. The molecule has 0 bridgehead atoms. The Labute approximate surface area is 191 Å². The molecule has 0 radical (unpaired) electrons. The Morgan fingerprint density at radius 3 is 2.77 bits per heavy atom. The van der Waals surface area contributed by atoms with Gasteiger partial charge in [-0.05, 0) is 37.6 Å². The Bertz CT molecular complexity index is 1120. The first-order chi connectivity index (χ1) is 14.7. The molecule has 9 nitrogen and oxygen atoms in total. The molecule has 31 heavy (non-hydrogen) atoms. The Morgan fingerprint density at radius 1 is 1.29 bits per heavy atom. The number of carbonyl (C=O) groups excluding carboxylic acids is 1. The number of nitro benzene ring substituents is 1. The van der Waals surface area contributed by atoms with Crippen molar-refractivity contribution in [1.29, 1.82) is 0 Å². The number of carbonyl (C=O) groups is 1. The van der Waals surface area contributed by atoms with E-state index in [1.54, 1.807) is 38.1 Å². The summed E-state index contributed by atoms with van der Waals surface area (Å²) in [5.74, 6) is 0.230. The summed E-state index contributed by atoms with van der Waals surface area (Å²) < 4.78 is 11.3. The average molecular weight is 483 g/mol. The molecule has 3 rings (SSSR count). The van der Waals surface area contributed by atoms with Gasteiger partial charge >= 0.3 is 0 Å². The van der Waals surface area contributed by atoms with Crippen LogP contribution in [0.2, 0.25) is 10.0 Å². The van der Waals surface area contributed by atoms with Crippen LogP contribution in [0.25, 0.3) is 0 Å². The van der Waals surface area contributed by atoms with Crippen LogP contribution < -0.4 is 10.1 Å². The number of aryl methyl sites for hydroxylation is 1. The van der Waals surface area contributed by atoms with Gasteiger partial charge in [0, 0.05) is 17.2 Å². The highest BCUT2D eigenvalue weighted by molar-refractivity contribution is 7.99. The van der Waals surface area contributed by atoms with Crippen molar-refractivity contribution in [2.45, 2.75) is 25.2 Å². The van der Waals surface area contributed by atoms with Crippen molar-refractivity contribution >= 4 is 52.2 Å². The minimum atomic E-state index is -0.582. The van der Waals surface area contributed by atoms with E-state index in [1.807, 2.05) is 0 Å². The van der Waals surface area contributed by atoms with Gasteiger partial charge in [-0.2, -0.15) is 0 Å². The molecule has 0 saturated carbocycles. The van der Waals surface area contributed by atoms with E-state index in [1.165, 1.54) is 12.1 Å². The Morgan fingerprint density at radius 2 is 2.06 bits per heavy atom. The molecule has 162 valence electrons. The first kappa shape index (κ1) is 22.9. The number of nitro groups is 1. The van der Waals surface area contributed by atoms with Crippen LogP contribution in [-0.4, -0.2) is 26.8 Å². The van der Waals surface area contributed by atoms with Gasteiger partial charge in [-0.1, -0.05) is 41.0 Å². The number of thioether (sulfide) groups is 1. The van der Waals surface area contributed by atoms with Gasteiger partial charge in [0.1, 0.15) is 5.75 Å². The standard InChI is InChI=1S/C19H16Cl2N4O5S/c1-10-3-5-13(25(27)28)8-15(10)22-17(26)9-31-19-24-23-18(30-19)11(2)29-16-6-4-12(20)7-14(16)21/h3-8,11H,9H2,1-2H3,(H,22,26)/t11-/m1/s1. The van der Waals surface area contributed by atoms with Crippen LogP contribution in [-0.2, 0) is 4.79 Å². The Balaban J connectivity index is 1.57. The summed E-state index contributed by atoms with van der Waals surface area (Å²) in [6.45, 7) is 3.45. The number of non-ortho nitro benzene ring substituents is 1. The monoisotopic (exact) mass is 482 g/mol. The lowest BCUT2D eigenvalue weighted by atomic mass is 10.2. The van der Waals surface area contributed by atoms with E-state index in [4.69, 9.17) is 32.4 Å². The maximum atomic E-state index is 12.2. The molecule has 1 aromatic heterocycles. The third kappa shape index (κ3) is 6.09. The largest absolute Gasteiger partial charge is 0.479 e. The van der Waals surface area contributed by atoms with Crippen LogP contribution in [0.1, 0.15) is 24.5 Å². The summed E-state index contributed by atoms with van der Waals surface area (Å²) in [6, 6.07) is 9.09. The van der Waals surface area contributed by atoms with Crippen LogP contribution in [0.5, 0.6) is 5.75 Å². The van der Waals surface area contributed by atoms with Crippen LogP contribution in [0, 0.1) is 17.0 Å². The molecule has 1 N–H and O–H groups in total. The van der Waals surface area contributed by atoms with E-state index in [0.29, 0.717) is 27.0 Å². The third-order valence-electron chi connectivity index (χ3n) is 4.00. The number of ether oxygens (including phenoxy) is 1. The van der Waals surface area contributed by atoms with Crippen molar-refractivity contribution in [1.82, 2.24) is 10.2 Å². The maximum Gasteiger partial charge on any atom is 0.277 e. The number of nitrogens with zero attached hydrogens (tertiary/aromatic N) is 3. The molecule has 0 saturated heterocycles. The fraction of sp³-hybridized carbons (Fsp3) is 0.211. The van der Waals surface area contributed by atoms with Gasteiger partial charge < -0.3 is 14.5 Å². The van der Waals surface area contributed by atoms with E-state index >= 15 is 0 Å². The molecule has 2 aromatic carbocycles. The van der Waals surface area contributed by atoms with E-state index in [9.17, 15) is 14.9 Å². The van der Waals surface area contributed by atoms with Crippen molar-refractivity contribution in [2.75, 3.05) is 11.1 Å². The van der Waals surface area contributed by atoms with Gasteiger partial charge in [-0.25, -0.2) is 0 Å². The smallest absolute Gasteiger partial charge is 0.277 e. The van der Waals surface area contributed by atoms with Crippen LogP contribution >= 0.6 is 35.0 Å². The average Bonchev–Trinajstić information content (AvgIpc) is 3.19. The molecule has 0 unspecified atom stereocenters. The maximum absolute atomic E-state index is 12.2. The SMILES string of the molecule is Cc1ccc([N+](=O)[O-])cc1NC(=O)CSc1nnc([C@@H](C)Oc2ccc(Cl)cc2Cl)o1. The second kappa shape index (κ2) is 9.99. The fourth-order valence-corrected chi connectivity index (χ4v) is 3.45. The summed E-state index contributed by atoms with van der Waals surface area (Å²) in [7, 11) is 0. The highest BCUT2D eigenvalue weighted by Crippen LogP contribution is 2.31. The predicted molar refractivity (Wildman–Crippen MR) is 117 cm³/mol. The molecule has 1 atom stereocenters. The first-order valence-corrected chi connectivity index (χ1v) is 10.6. The van der Waals surface area contributed by atoms with Crippen molar-refractivity contribution in [3.05, 3.63) is 68.0 Å². The van der Waals surface area contributed by atoms with Gasteiger partial charge in [0.15, 0.2) is 6.10 Å². The summed E-state index contributed by atoms with van der Waals surface area (Å²) in [4.78, 5) is 22.6. The summed E-state index contributed by atoms with van der Waals surface area (Å²) >= 11 is 13.0. The molecule has 12 heteroatoms. The molecule has 0 aliphatic rings. The molecule has 1 amide bonds. The van der Waals surface area contributed by atoms with Gasteiger partial charge in [0.05, 0.1) is 21.4 Å². The highest BCUT2D eigenvalue weighted by Gasteiger charge is 2.18.